The first kappa shape index (κ1) is 57.2. The van der Waals surface area contributed by atoms with Gasteiger partial charge in [-0.15, -0.1) is 0 Å². The average molecular weight is 958 g/mol. The van der Waals surface area contributed by atoms with Crippen molar-refractivity contribution in [3.63, 3.8) is 0 Å². The van der Waals surface area contributed by atoms with Gasteiger partial charge in [0.25, 0.3) is 5.91 Å². The van der Waals surface area contributed by atoms with Crippen LogP contribution < -0.4 is 0 Å². The molecule has 15 heteroatoms. The van der Waals surface area contributed by atoms with E-state index in [-0.39, 0.29) is 80.5 Å². The summed E-state index contributed by atoms with van der Waals surface area (Å²) in [5.41, 5.74) is 1.16. The first-order valence-electron chi connectivity index (χ1n) is 25.0. The number of Topliss-reactive ketones (excluding diaryl/α,β-unsaturated/α-hetero) is 3. The third-order valence-corrected chi connectivity index (χ3v) is 14.8. The number of esters is 1. The number of fused-ring (bicyclic) bond motifs is 3. The van der Waals surface area contributed by atoms with Gasteiger partial charge in [0.05, 0.1) is 43.7 Å². The number of piperidine rings is 1. The molecule has 0 aromatic heterocycles. The molecule has 1 aliphatic carbocycles. The molecule has 384 valence electrons. The van der Waals surface area contributed by atoms with Crippen LogP contribution in [0, 0.1) is 35.5 Å². The fraction of sp³-hybridized carbons (Fsp3) is 0.755. The van der Waals surface area contributed by atoms with Gasteiger partial charge in [-0.3, -0.25) is 19.2 Å². The number of carbonyl (C=O) groups excluding carboxylic acids is 5. The van der Waals surface area contributed by atoms with Gasteiger partial charge in [-0.1, -0.05) is 71.1 Å². The highest BCUT2D eigenvalue weighted by molar-refractivity contribution is 6.09. The second-order valence-electron chi connectivity index (χ2n) is 20.2. The number of hydrogen-bond donors (Lipinski definition) is 3. The summed E-state index contributed by atoms with van der Waals surface area (Å²) in [6.45, 7) is 12.8. The van der Waals surface area contributed by atoms with Crippen LogP contribution in [-0.2, 0) is 52.4 Å². The normalized spacial score (nSPS) is 36.7. The number of cyclic esters (lactones) is 1. The Bertz CT molecular complexity index is 1810. The molecular weight excluding hydrogens is 875 g/mol. The summed E-state index contributed by atoms with van der Waals surface area (Å²) in [6.07, 6.45) is 11.5. The first-order valence-corrected chi connectivity index (χ1v) is 25.0. The van der Waals surface area contributed by atoms with E-state index in [9.17, 15) is 39.3 Å². The highest BCUT2D eigenvalue weighted by Crippen LogP contribution is 2.37. The summed E-state index contributed by atoms with van der Waals surface area (Å²) in [6, 6.07) is -1.17. The molecule has 4 aliphatic rings. The Morgan fingerprint density at radius 2 is 1.59 bits per heavy atom. The molecule has 0 spiro atoms. The van der Waals surface area contributed by atoms with E-state index in [1.165, 1.54) is 12.0 Å². The van der Waals surface area contributed by atoms with Crippen molar-refractivity contribution in [2.75, 3.05) is 41.1 Å². The van der Waals surface area contributed by atoms with Crippen molar-refractivity contribution < 1.29 is 67.7 Å². The van der Waals surface area contributed by atoms with Crippen molar-refractivity contribution >= 4 is 29.2 Å². The van der Waals surface area contributed by atoms with Gasteiger partial charge in [0.15, 0.2) is 11.6 Å². The second-order valence-corrected chi connectivity index (χ2v) is 20.2. The summed E-state index contributed by atoms with van der Waals surface area (Å²) >= 11 is 0. The Kier molecular flexibility index (Phi) is 22.9. The Hall–Kier alpha value is -3.41. The van der Waals surface area contributed by atoms with Crippen molar-refractivity contribution in [2.45, 2.75) is 180 Å². The second kappa shape index (κ2) is 27.3. The monoisotopic (exact) mass is 958 g/mol. The molecule has 2 unspecified atom stereocenters. The van der Waals surface area contributed by atoms with E-state index in [4.69, 9.17) is 28.4 Å². The molecule has 2 saturated heterocycles. The van der Waals surface area contributed by atoms with E-state index in [0.29, 0.717) is 56.9 Å². The molecule has 0 radical (unpaired) electrons. The molecule has 0 aromatic carbocycles. The van der Waals surface area contributed by atoms with Crippen molar-refractivity contribution in [3.05, 3.63) is 47.6 Å². The van der Waals surface area contributed by atoms with Crippen LogP contribution >= 0.6 is 0 Å². The van der Waals surface area contributed by atoms with Crippen LogP contribution in [0.1, 0.15) is 126 Å². The van der Waals surface area contributed by atoms with Crippen molar-refractivity contribution in [2.24, 2.45) is 35.5 Å². The quantitative estimate of drug-likeness (QED) is 0.174. The fourth-order valence-electron chi connectivity index (χ4n) is 10.5. The van der Waals surface area contributed by atoms with Crippen LogP contribution in [0.3, 0.4) is 0 Å². The highest BCUT2D eigenvalue weighted by Gasteiger charge is 2.55. The minimum absolute atomic E-state index is 0.0139. The molecule has 0 aromatic rings. The van der Waals surface area contributed by atoms with Crippen LogP contribution in [0.4, 0.5) is 0 Å². The maximum absolute atomic E-state index is 14.7. The predicted octanol–water partition coefficient (Wildman–Crippen LogP) is 6.20. The number of nitrogens with zero attached hydrogens (tertiary/aromatic N) is 1. The van der Waals surface area contributed by atoms with E-state index in [1.807, 2.05) is 58.1 Å². The molecule has 1 amide bonds. The van der Waals surface area contributed by atoms with Crippen LogP contribution in [-0.4, -0.2) is 145 Å². The molecule has 15 nitrogen and oxygen atoms in total. The maximum Gasteiger partial charge on any atom is 0.329 e. The van der Waals surface area contributed by atoms with Gasteiger partial charge in [-0.25, -0.2) is 4.79 Å². The zero-order chi connectivity index (χ0) is 50.3. The number of aliphatic hydroxyl groups is 3. The SMILES string of the molecule is CO[C@H]1C[C@@H]2CC[C@@H](C)C(=O)C(O)(O2)C(=O)N2CCCC[C@H]2C(=O)O[C@H]([C@H](C)C[C@@H]2CC[C@@H](OCCO)[C@H](OC)C2)CC(=O)C(C)=CC(C)[C@@H](O)[C@@H](OC)C(=O)[C@H](C)C[C@H](C)C=CC=CC=C1C. The molecule has 1 saturated carbocycles. The van der Waals surface area contributed by atoms with Crippen molar-refractivity contribution in [3.8, 4) is 0 Å². The van der Waals surface area contributed by atoms with Crippen LogP contribution in [0.5, 0.6) is 0 Å². The van der Waals surface area contributed by atoms with Gasteiger partial charge in [-0.2, -0.15) is 0 Å². The van der Waals surface area contributed by atoms with Gasteiger partial charge >= 0.3 is 11.8 Å². The Labute approximate surface area is 405 Å². The topological polar surface area (TPSA) is 205 Å². The minimum Gasteiger partial charge on any atom is -0.460 e. The molecule has 4 rings (SSSR count). The zero-order valence-electron chi connectivity index (χ0n) is 42.4. The molecule has 3 N–H and O–H groups in total. The number of hydrogen-bond acceptors (Lipinski definition) is 14. The lowest BCUT2D eigenvalue weighted by Gasteiger charge is -2.40. The lowest BCUT2D eigenvalue weighted by molar-refractivity contribution is -0.231. The summed E-state index contributed by atoms with van der Waals surface area (Å²) in [5, 5.41) is 33.0. The number of amides is 1. The third kappa shape index (κ3) is 15.3. The highest BCUT2D eigenvalue weighted by atomic mass is 16.6. The molecule has 3 fully saturated rings. The summed E-state index contributed by atoms with van der Waals surface area (Å²) in [7, 11) is 4.58. The van der Waals surface area contributed by atoms with Crippen molar-refractivity contribution in [1.29, 1.82) is 0 Å². The van der Waals surface area contributed by atoms with Gasteiger partial charge < -0.3 is 48.6 Å². The largest absolute Gasteiger partial charge is 0.460 e. The van der Waals surface area contributed by atoms with Crippen LogP contribution in [0.25, 0.3) is 0 Å². The minimum atomic E-state index is -2.86. The standard InChI is InChI=1S/C53H83NO14/c1-32-16-12-11-13-17-33(2)44(63-8)30-40-21-19-34(3)50(59)53(62,68-40)52(61)54-23-15-14-18-41(54)51(60)67-45(36(5)28-39-20-22-43(66-25-24-55)46(29-39)64-9)31-42(56)35(4)27-38(7)48(58)49(65-10)47(57)37(6)26-32/h11-13,16-17,27,32,34,36-41,43-46,48-49,55,58,62H,14-15,18-26,28-31H2,1-10H3/t32-,34-,36-,37-,38?,39+,40+,41+,43-,44+,45+,46-,48-,49+,53?/m1/s1. The van der Waals surface area contributed by atoms with Gasteiger partial charge in [0, 0.05) is 58.5 Å². The predicted molar refractivity (Wildman–Crippen MR) is 256 cm³/mol. The molecule has 15 atom stereocenters. The molecule has 2 bridgehead atoms. The summed E-state index contributed by atoms with van der Waals surface area (Å²) < 4.78 is 35.7. The smallest absolute Gasteiger partial charge is 0.329 e. The lowest BCUT2D eigenvalue weighted by atomic mass is 9.78. The molecular formula is C53H83NO14. The number of methoxy groups -OCH3 is 3. The Morgan fingerprint density at radius 1 is 0.853 bits per heavy atom. The summed E-state index contributed by atoms with van der Waals surface area (Å²) in [4.78, 5) is 72.4. The van der Waals surface area contributed by atoms with E-state index < -0.39 is 77.8 Å². The van der Waals surface area contributed by atoms with E-state index in [1.54, 1.807) is 41.1 Å². The maximum atomic E-state index is 14.7. The van der Waals surface area contributed by atoms with Gasteiger partial charge in [0.1, 0.15) is 18.2 Å². The Morgan fingerprint density at radius 3 is 2.26 bits per heavy atom. The first-order chi connectivity index (χ1) is 32.3. The third-order valence-electron chi connectivity index (χ3n) is 14.8. The van der Waals surface area contributed by atoms with E-state index >= 15 is 0 Å². The van der Waals surface area contributed by atoms with Crippen LogP contribution in [0.2, 0.25) is 0 Å². The van der Waals surface area contributed by atoms with Crippen molar-refractivity contribution in [1.82, 2.24) is 4.90 Å². The summed E-state index contributed by atoms with van der Waals surface area (Å²) in [5.74, 6) is -7.99. The number of ketones is 3. The zero-order valence-corrected chi connectivity index (χ0v) is 42.4. The number of aliphatic hydroxyl groups excluding tert-OH is 2. The van der Waals surface area contributed by atoms with E-state index in [2.05, 4.69) is 0 Å². The Balaban J connectivity index is 1.73. The average Bonchev–Trinajstić information content (AvgIpc) is 3.43. The molecule has 3 heterocycles. The van der Waals surface area contributed by atoms with Gasteiger partial charge in [0.2, 0.25) is 5.78 Å². The fourth-order valence-corrected chi connectivity index (χ4v) is 10.5. The lowest BCUT2D eigenvalue weighted by Crippen LogP contribution is -2.62. The number of ether oxygens (including phenoxy) is 6. The number of allylic oxidation sites excluding steroid dienone is 6. The molecule has 68 heavy (non-hydrogen) atoms. The van der Waals surface area contributed by atoms with Crippen LogP contribution in [0.15, 0.2) is 47.6 Å². The number of rotatable bonds is 9. The molecule has 3 aliphatic heterocycles. The van der Waals surface area contributed by atoms with E-state index in [0.717, 1.165) is 12.0 Å². The number of carbonyl (C=O) groups is 5. The van der Waals surface area contributed by atoms with Gasteiger partial charge in [-0.05, 0) is 107 Å².